The normalized spacial score (nSPS) is 11.4. The summed E-state index contributed by atoms with van der Waals surface area (Å²) in [6, 6.07) is 0. The summed E-state index contributed by atoms with van der Waals surface area (Å²) in [7, 11) is 0. The zero-order chi connectivity index (χ0) is 23.5. The molecule has 0 aromatic rings. The van der Waals surface area contributed by atoms with Crippen molar-refractivity contribution in [3.63, 3.8) is 0 Å². The van der Waals surface area contributed by atoms with Crippen LogP contribution in [0.3, 0.4) is 0 Å². The molecule has 0 aliphatic carbocycles. The third kappa shape index (κ3) is 22.7. The summed E-state index contributed by atoms with van der Waals surface area (Å²) in [4.78, 5) is 12.7. The van der Waals surface area contributed by atoms with Gasteiger partial charge in [-0.1, -0.05) is 156 Å². The van der Waals surface area contributed by atoms with Gasteiger partial charge in [-0.05, 0) is 19.3 Å². The van der Waals surface area contributed by atoms with Crippen LogP contribution < -0.4 is 0 Å². The Morgan fingerprint density at radius 2 is 0.781 bits per heavy atom. The maximum absolute atomic E-state index is 12.7. The van der Waals surface area contributed by atoms with Gasteiger partial charge in [-0.25, -0.2) is 0 Å². The molecule has 0 bridgehead atoms. The number of carbonyl (C=O) groups excluding carboxylic acids is 1. The van der Waals surface area contributed by atoms with E-state index in [0.29, 0.717) is 6.61 Å². The standard InChI is InChI=1S/C30H60O2/c1-4-7-10-13-16-17-18-19-22-25-28-32-30(31)29(26-23-20-14-11-8-5-2)27-24-21-15-12-9-6-3/h29H,4-28H2,1-3H3. The number of unbranched alkanes of at least 4 members (excludes halogenated alkanes) is 19. The summed E-state index contributed by atoms with van der Waals surface area (Å²) in [5, 5.41) is 0. The number of carbonyl (C=O) groups is 1. The first-order chi connectivity index (χ1) is 15.8. The van der Waals surface area contributed by atoms with Gasteiger partial charge < -0.3 is 4.74 Å². The van der Waals surface area contributed by atoms with Crippen LogP contribution >= 0.6 is 0 Å². The second-order valence-electron chi connectivity index (χ2n) is 10.2. The molecule has 0 aliphatic heterocycles. The summed E-state index contributed by atoms with van der Waals surface area (Å²) in [6.07, 6.45) is 30.9. The molecule has 32 heavy (non-hydrogen) atoms. The van der Waals surface area contributed by atoms with Gasteiger partial charge in [0.2, 0.25) is 0 Å². The van der Waals surface area contributed by atoms with Crippen LogP contribution in [0.25, 0.3) is 0 Å². The minimum Gasteiger partial charge on any atom is -0.465 e. The van der Waals surface area contributed by atoms with Crippen molar-refractivity contribution in [3.8, 4) is 0 Å². The van der Waals surface area contributed by atoms with Gasteiger partial charge in [0.1, 0.15) is 0 Å². The predicted octanol–water partition coefficient (Wildman–Crippen LogP) is 10.6. The lowest BCUT2D eigenvalue weighted by molar-refractivity contribution is -0.149. The van der Waals surface area contributed by atoms with Crippen LogP contribution in [0.1, 0.15) is 175 Å². The first kappa shape index (κ1) is 31.5. The molecule has 0 radical (unpaired) electrons. The third-order valence-corrected chi connectivity index (χ3v) is 6.89. The Kier molecular flexibility index (Phi) is 26.3. The number of rotatable bonds is 26. The number of ether oxygens (including phenoxy) is 1. The third-order valence-electron chi connectivity index (χ3n) is 6.89. The molecule has 2 heteroatoms. The van der Waals surface area contributed by atoms with Crippen molar-refractivity contribution in [1.29, 1.82) is 0 Å². The highest BCUT2D eigenvalue weighted by Gasteiger charge is 2.19. The fourth-order valence-electron chi connectivity index (χ4n) is 4.60. The lowest BCUT2D eigenvalue weighted by atomic mass is 9.94. The zero-order valence-electron chi connectivity index (χ0n) is 22.6. The van der Waals surface area contributed by atoms with E-state index in [0.717, 1.165) is 19.3 Å². The van der Waals surface area contributed by atoms with Crippen molar-refractivity contribution in [3.05, 3.63) is 0 Å². The van der Waals surface area contributed by atoms with E-state index in [4.69, 9.17) is 4.74 Å². The van der Waals surface area contributed by atoms with E-state index in [-0.39, 0.29) is 11.9 Å². The molecule has 0 aromatic carbocycles. The second kappa shape index (κ2) is 26.7. The molecule has 192 valence electrons. The molecule has 2 nitrogen and oxygen atoms in total. The van der Waals surface area contributed by atoms with Crippen LogP contribution in [0.15, 0.2) is 0 Å². The molecule has 0 saturated heterocycles. The topological polar surface area (TPSA) is 26.3 Å². The molecular weight excluding hydrogens is 392 g/mol. The summed E-state index contributed by atoms with van der Waals surface area (Å²) in [5.41, 5.74) is 0. The van der Waals surface area contributed by atoms with Crippen LogP contribution in [-0.2, 0) is 9.53 Å². The van der Waals surface area contributed by atoms with Crippen molar-refractivity contribution in [2.45, 2.75) is 175 Å². The van der Waals surface area contributed by atoms with E-state index in [2.05, 4.69) is 20.8 Å². The molecule has 0 fully saturated rings. The molecule has 0 aromatic heterocycles. The quantitative estimate of drug-likeness (QED) is 0.0963. The SMILES string of the molecule is CCCCCCCCCCCCOC(=O)C(CCCCCCCC)CCCCCCCC. The molecule has 0 rings (SSSR count). The summed E-state index contributed by atoms with van der Waals surface area (Å²) >= 11 is 0. The van der Waals surface area contributed by atoms with Crippen LogP contribution in [-0.4, -0.2) is 12.6 Å². The molecule has 0 saturated carbocycles. The Hall–Kier alpha value is -0.530. The average molecular weight is 453 g/mol. The number of esters is 1. The predicted molar refractivity (Wildman–Crippen MR) is 142 cm³/mol. The van der Waals surface area contributed by atoms with Crippen molar-refractivity contribution in [2.24, 2.45) is 5.92 Å². The lowest BCUT2D eigenvalue weighted by Gasteiger charge is -2.16. The van der Waals surface area contributed by atoms with Gasteiger partial charge in [0.15, 0.2) is 0 Å². The number of hydrogen-bond donors (Lipinski definition) is 0. The molecule has 0 N–H and O–H groups in total. The summed E-state index contributed by atoms with van der Waals surface area (Å²) in [6.45, 7) is 7.44. The minimum absolute atomic E-state index is 0.100. The van der Waals surface area contributed by atoms with Gasteiger partial charge in [0.25, 0.3) is 0 Å². The Bertz CT molecular complexity index is 350. The Balaban J connectivity index is 3.92. The molecule has 0 spiro atoms. The van der Waals surface area contributed by atoms with Crippen LogP contribution in [0.2, 0.25) is 0 Å². The maximum Gasteiger partial charge on any atom is 0.308 e. The van der Waals surface area contributed by atoms with E-state index in [9.17, 15) is 4.79 Å². The Morgan fingerprint density at radius 1 is 0.469 bits per heavy atom. The molecule has 0 aliphatic rings. The highest BCUT2D eigenvalue weighted by Crippen LogP contribution is 2.21. The molecule has 0 atom stereocenters. The van der Waals surface area contributed by atoms with Crippen molar-refractivity contribution < 1.29 is 9.53 Å². The van der Waals surface area contributed by atoms with Gasteiger partial charge in [-0.2, -0.15) is 0 Å². The minimum atomic E-state index is 0.100. The van der Waals surface area contributed by atoms with E-state index in [1.54, 1.807) is 0 Å². The number of hydrogen-bond acceptors (Lipinski definition) is 2. The fourth-order valence-corrected chi connectivity index (χ4v) is 4.60. The van der Waals surface area contributed by atoms with Crippen molar-refractivity contribution in [1.82, 2.24) is 0 Å². The highest BCUT2D eigenvalue weighted by molar-refractivity contribution is 5.72. The Labute approximate surface area is 203 Å². The van der Waals surface area contributed by atoms with Gasteiger partial charge in [0, 0.05) is 0 Å². The first-order valence-electron chi connectivity index (χ1n) is 14.9. The maximum atomic E-state index is 12.7. The van der Waals surface area contributed by atoms with E-state index in [1.807, 2.05) is 0 Å². The van der Waals surface area contributed by atoms with Crippen LogP contribution in [0.5, 0.6) is 0 Å². The van der Waals surface area contributed by atoms with Crippen LogP contribution in [0.4, 0.5) is 0 Å². The molecule has 0 amide bonds. The summed E-state index contributed by atoms with van der Waals surface area (Å²) in [5.74, 6) is 0.249. The van der Waals surface area contributed by atoms with Gasteiger partial charge >= 0.3 is 5.97 Å². The van der Waals surface area contributed by atoms with Gasteiger partial charge in [-0.3, -0.25) is 4.79 Å². The van der Waals surface area contributed by atoms with E-state index < -0.39 is 0 Å². The molecule has 0 unspecified atom stereocenters. The van der Waals surface area contributed by atoms with Crippen LogP contribution in [0, 0.1) is 5.92 Å². The molecular formula is C30H60O2. The van der Waals surface area contributed by atoms with Crippen molar-refractivity contribution in [2.75, 3.05) is 6.61 Å². The Morgan fingerprint density at radius 3 is 1.16 bits per heavy atom. The van der Waals surface area contributed by atoms with Gasteiger partial charge in [0.05, 0.1) is 12.5 Å². The monoisotopic (exact) mass is 452 g/mol. The largest absolute Gasteiger partial charge is 0.465 e. The first-order valence-corrected chi connectivity index (χ1v) is 14.9. The lowest BCUT2D eigenvalue weighted by Crippen LogP contribution is -2.18. The molecule has 0 heterocycles. The summed E-state index contributed by atoms with van der Waals surface area (Å²) < 4.78 is 5.73. The van der Waals surface area contributed by atoms with E-state index >= 15 is 0 Å². The fraction of sp³-hybridized carbons (Fsp3) is 0.967. The average Bonchev–Trinajstić information content (AvgIpc) is 2.80. The van der Waals surface area contributed by atoms with Crippen molar-refractivity contribution >= 4 is 5.97 Å². The van der Waals surface area contributed by atoms with Gasteiger partial charge in [-0.15, -0.1) is 0 Å². The zero-order valence-corrected chi connectivity index (χ0v) is 22.6. The second-order valence-corrected chi connectivity index (χ2v) is 10.2. The van der Waals surface area contributed by atoms with E-state index in [1.165, 1.54) is 135 Å². The highest BCUT2D eigenvalue weighted by atomic mass is 16.5. The smallest absolute Gasteiger partial charge is 0.308 e.